The summed E-state index contributed by atoms with van der Waals surface area (Å²) in [5, 5.41) is 4.28. The first kappa shape index (κ1) is 13.0. The van der Waals surface area contributed by atoms with E-state index in [9.17, 15) is 0 Å². The van der Waals surface area contributed by atoms with Gasteiger partial charge in [0.1, 0.15) is 0 Å². The number of nitrogens with one attached hydrogen (secondary N) is 1. The van der Waals surface area contributed by atoms with Gasteiger partial charge in [0.2, 0.25) is 0 Å². The Morgan fingerprint density at radius 1 is 1.24 bits per heavy atom. The van der Waals surface area contributed by atoms with Gasteiger partial charge in [-0.2, -0.15) is 0 Å². The van der Waals surface area contributed by atoms with E-state index < -0.39 is 0 Å². The molecular weight excluding hydrogens is 226 g/mol. The number of thioether (sulfide) groups is 1. The first-order valence-electron chi connectivity index (χ1n) is 6.64. The average molecular weight is 249 g/mol. The van der Waals surface area contributed by atoms with E-state index >= 15 is 0 Å². The van der Waals surface area contributed by atoms with Crippen molar-refractivity contribution in [2.24, 2.45) is 5.92 Å². The first-order valence-corrected chi connectivity index (χ1v) is 7.52. The highest BCUT2D eigenvalue weighted by Crippen LogP contribution is 2.31. The molecule has 2 rings (SSSR count). The average Bonchev–Trinajstić information content (AvgIpc) is 3.11. The molecule has 0 aliphatic heterocycles. The van der Waals surface area contributed by atoms with Crippen LogP contribution in [0.4, 0.5) is 0 Å². The van der Waals surface area contributed by atoms with Gasteiger partial charge in [0, 0.05) is 22.7 Å². The molecule has 1 aromatic rings. The molecule has 1 fully saturated rings. The van der Waals surface area contributed by atoms with Crippen molar-refractivity contribution in [3.05, 3.63) is 29.8 Å². The van der Waals surface area contributed by atoms with E-state index in [4.69, 9.17) is 0 Å². The third-order valence-corrected chi connectivity index (χ3v) is 4.95. The van der Waals surface area contributed by atoms with Crippen LogP contribution in [0.25, 0.3) is 0 Å². The van der Waals surface area contributed by atoms with Gasteiger partial charge < -0.3 is 5.32 Å². The molecule has 0 bridgehead atoms. The van der Waals surface area contributed by atoms with Crippen LogP contribution in [0.1, 0.15) is 39.2 Å². The lowest BCUT2D eigenvalue weighted by Crippen LogP contribution is -2.16. The van der Waals surface area contributed by atoms with Crippen molar-refractivity contribution >= 4 is 11.8 Å². The van der Waals surface area contributed by atoms with Crippen LogP contribution in [0.15, 0.2) is 29.2 Å². The molecule has 1 aliphatic rings. The topological polar surface area (TPSA) is 12.0 Å². The summed E-state index contributed by atoms with van der Waals surface area (Å²) < 4.78 is 0. The van der Waals surface area contributed by atoms with E-state index in [2.05, 4.69) is 50.4 Å². The molecule has 0 amide bonds. The molecule has 0 spiro atoms. The molecule has 0 radical (unpaired) electrons. The second-order valence-electron chi connectivity index (χ2n) is 5.33. The first-order chi connectivity index (χ1) is 8.16. The number of hydrogen-bond acceptors (Lipinski definition) is 2. The fourth-order valence-electron chi connectivity index (χ4n) is 1.64. The standard InChI is InChI=1S/C15H23NS/c1-11(2)12(3)17-15-7-5-4-6-13(15)10-16-14-8-9-14/h4-7,11-12,14,16H,8-10H2,1-3H3. The summed E-state index contributed by atoms with van der Waals surface area (Å²) in [6, 6.07) is 9.60. The Balaban J connectivity index is 1.98. The van der Waals surface area contributed by atoms with Crippen molar-refractivity contribution in [2.75, 3.05) is 0 Å². The quantitative estimate of drug-likeness (QED) is 0.763. The van der Waals surface area contributed by atoms with Gasteiger partial charge in [-0.15, -0.1) is 11.8 Å². The van der Waals surface area contributed by atoms with Crippen molar-refractivity contribution in [2.45, 2.75) is 56.3 Å². The number of benzene rings is 1. The molecule has 0 heterocycles. The van der Waals surface area contributed by atoms with Crippen LogP contribution in [-0.4, -0.2) is 11.3 Å². The van der Waals surface area contributed by atoms with Crippen molar-refractivity contribution in [1.82, 2.24) is 5.32 Å². The molecule has 0 aromatic heterocycles. The van der Waals surface area contributed by atoms with Crippen LogP contribution in [0.3, 0.4) is 0 Å². The minimum absolute atomic E-state index is 0.678. The van der Waals surface area contributed by atoms with Gasteiger partial charge in [-0.3, -0.25) is 0 Å². The molecule has 1 saturated carbocycles. The van der Waals surface area contributed by atoms with Crippen LogP contribution in [0.2, 0.25) is 0 Å². The van der Waals surface area contributed by atoms with E-state index in [1.807, 2.05) is 11.8 Å². The predicted molar refractivity (Wildman–Crippen MR) is 76.5 cm³/mol. The Hall–Kier alpha value is -0.470. The van der Waals surface area contributed by atoms with Crippen LogP contribution in [-0.2, 0) is 6.54 Å². The van der Waals surface area contributed by atoms with E-state index in [-0.39, 0.29) is 0 Å². The highest BCUT2D eigenvalue weighted by Gasteiger charge is 2.20. The van der Waals surface area contributed by atoms with Crippen molar-refractivity contribution in [3.63, 3.8) is 0 Å². The number of hydrogen-bond donors (Lipinski definition) is 1. The van der Waals surface area contributed by atoms with Gasteiger partial charge in [-0.25, -0.2) is 0 Å². The van der Waals surface area contributed by atoms with E-state index in [1.54, 1.807) is 0 Å². The minimum Gasteiger partial charge on any atom is -0.310 e. The molecule has 1 unspecified atom stereocenters. The normalized spacial score (nSPS) is 17.4. The summed E-state index contributed by atoms with van der Waals surface area (Å²) in [4.78, 5) is 1.45. The smallest absolute Gasteiger partial charge is 0.0219 e. The highest BCUT2D eigenvalue weighted by molar-refractivity contribution is 8.00. The lowest BCUT2D eigenvalue weighted by Gasteiger charge is -2.17. The van der Waals surface area contributed by atoms with Gasteiger partial charge in [-0.05, 0) is 30.4 Å². The molecule has 1 aromatic carbocycles. The molecule has 2 heteroatoms. The van der Waals surface area contributed by atoms with Gasteiger partial charge in [0.25, 0.3) is 0 Å². The Morgan fingerprint density at radius 3 is 2.59 bits per heavy atom. The molecule has 1 nitrogen and oxygen atoms in total. The summed E-state index contributed by atoms with van der Waals surface area (Å²) in [7, 11) is 0. The molecular formula is C15H23NS. The second kappa shape index (κ2) is 5.92. The Morgan fingerprint density at radius 2 is 1.94 bits per heavy atom. The van der Waals surface area contributed by atoms with Crippen molar-refractivity contribution < 1.29 is 0 Å². The molecule has 1 aliphatic carbocycles. The monoisotopic (exact) mass is 249 g/mol. The summed E-state index contributed by atoms with van der Waals surface area (Å²) >= 11 is 2.01. The second-order valence-corrected chi connectivity index (χ2v) is 6.75. The fraction of sp³-hybridized carbons (Fsp3) is 0.600. The highest BCUT2D eigenvalue weighted by atomic mass is 32.2. The molecule has 1 atom stereocenters. The lowest BCUT2D eigenvalue weighted by molar-refractivity contribution is 0.641. The largest absolute Gasteiger partial charge is 0.310 e. The van der Waals surface area contributed by atoms with E-state index in [0.29, 0.717) is 5.25 Å². The Labute approximate surface area is 109 Å². The summed E-state index contributed by atoms with van der Waals surface area (Å²) in [5.41, 5.74) is 1.46. The van der Waals surface area contributed by atoms with Crippen LogP contribution in [0.5, 0.6) is 0 Å². The van der Waals surface area contributed by atoms with Crippen LogP contribution >= 0.6 is 11.8 Å². The summed E-state index contributed by atoms with van der Waals surface area (Å²) in [6.07, 6.45) is 2.72. The maximum atomic E-state index is 3.60. The molecule has 94 valence electrons. The Kier molecular flexibility index (Phi) is 4.52. The molecule has 1 N–H and O–H groups in total. The third-order valence-electron chi connectivity index (χ3n) is 3.38. The fourth-order valence-corrected chi connectivity index (χ4v) is 2.76. The van der Waals surface area contributed by atoms with Gasteiger partial charge in [-0.1, -0.05) is 39.0 Å². The minimum atomic E-state index is 0.678. The van der Waals surface area contributed by atoms with Gasteiger partial charge in [0.15, 0.2) is 0 Å². The molecule has 17 heavy (non-hydrogen) atoms. The lowest BCUT2D eigenvalue weighted by atomic mass is 10.2. The SMILES string of the molecule is CC(C)C(C)Sc1ccccc1CNC1CC1. The van der Waals surface area contributed by atoms with Crippen molar-refractivity contribution in [1.29, 1.82) is 0 Å². The van der Waals surface area contributed by atoms with Crippen molar-refractivity contribution in [3.8, 4) is 0 Å². The molecule has 0 saturated heterocycles. The number of rotatable bonds is 6. The zero-order valence-corrected chi connectivity index (χ0v) is 11.9. The zero-order chi connectivity index (χ0) is 12.3. The summed E-state index contributed by atoms with van der Waals surface area (Å²) in [6.45, 7) is 7.94. The van der Waals surface area contributed by atoms with Gasteiger partial charge in [0.05, 0.1) is 0 Å². The van der Waals surface area contributed by atoms with Crippen LogP contribution in [0, 0.1) is 5.92 Å². The Bertz CT molecular complexity index is 358. The maximum Gasteiger partial charge on any atom is 0.0219 e. The zero-order valence-electron chi connectivity index (χ0n) is 11.1. The van der Waals surface area contributed by atoms with Crippen LogP contribution < -0.4 is 5.32 Å². The maximum absolute atomic E-state index is 3.60. The van der Waals surface area contributed by atoms with E-state index in [1.165, 1.54) is 23.3 Å². The third kappa shape index (κ3) is 4.04. The summed E-state index contributed by atoms with van der Waals surface area (Å²) in [5.74, 6) is 0.726. The van der Waals surface area contributed by atoms with E-state index in [0.717, 1.165) is 18.5 Å². The predicted octanol–water partition coefficient (Wildman–Crippen LogP) is 4.08. The van der Waals surface area contributed by atoms with Gasteiger partial charge >= 0.3 is 0 Å².